The average molecular weight is 239 g/mol. The molecular formula is C14H29N3. The molecule has 0 bridgehead atoms. The van der Waals surface area contributed by atoms with Gasteiger partial charge in [-0.05, 0) is 38.3 Å². The van der Waals surface area contributed by atoms with E-state index in [1.807, 2.05) is 0 Å². The van der Waals surface area contributed by atoms with E-state index in [1.54, 1.807) is 0 Å². The molecule has 17 heavy (non-hydrogen) atoms. The number of rotatable bonds is 4. The minimum absolute atomic E-state index is 0.564. The standard InChI is InChI=1S/C14H29N3/c1-4-14(6-7-15-11-14)12-16-8-9-17(5-2)13(3)10-16/h13,15H,4-12H2,1-3H3. The lowest BCUT2D eigenvalue weighted by atomic mass is 9.83. The van der Waals surface area contributed by atoms with Crippen LogP contribution in [0.15, 0.2) is 0 Å². The zero-order valence-electron chi connectivity index (χ0n) is 11.8. The minimum Gasteiger partial charge on any atom is -0.316 e. The van der Waals surface area contributed by atoms with Crippen molar-refractivity contribution in [3.63, 3.8) is 0 Å². The Hall–Kier alpha value is -0.120. The van der Waals surface area contributed by atoms with Crippen LogP contribution >= 0.6 is 0 Å². The van der Waals surface area contributed by atoms with Crippen LogP contribution < -0.4 is 5.32 Å². The molecule has 0 amide bonds. The molecule has 0 aromatic rings. The summed E-state index contributed by atoms with van der Waals surface area (Å²) in [6, 6.07) is 0.733. The third kappa shape index (κ3) is 3.01. The van der Waals surface area contributed by atoms with Gasteiger partial charge in [0, 0.05) is 38.8 Å². The molecule has 2 saturated heterocycles. The van der Waals surface area contributed by atoms with E-state index in [-0.39, 0.29) is 0 Å². The van der Waals surface area contributed by atoms with Gasteiger partial charge in [-0.15, -0.1) is 0 Å². The molecule has 0 aromatic carbocycles. The highest BCUT2D eigenvalue weighted by molar-refractivity contribution is 4.91. The van der Waals surface area contributed by atoms with Gasteiger partial charge >= 0.3 is 0 Å². The molecular weight excluding hydrogens is 210 g/mol. The summed E-state index contributed by atoms with van der Waals surface area (Å²) in [7, 11) is 0. The summed E-state index contributed by atoms with van der Waals surface area (Å²) in [4.78, 5) is 5.30. The molecule has 0 saturated carbocycles. The first kappa shape index (κ1) is 13.3. The van der Waals surface area contributed by atoms with Crippen molar-refractivity contribution in [2.24, 2.45) is 5.41 Å². The quantitative estimate of drug-likeness (QED) is 0.800. The van der Waals surface area contributed by atoms with Crippen molar-refractivity contribution in [2.75, 3.05) is 45.8 Å². The Morgan fingerprint density at radius 1 is 1.29 bits per heavy atom. The fourth-order valence-electron chi connectivity index (χ4n) is 3.50. The van der Waals surface area contributed by atoms with Crippen LogP contribution in [0.2, 0.25) is 0 Å². The molecule has 2 atom stereocenters. The van der Waals surface area contributed by atoms with Gasteiger partial charge in [-0.2, -0.15) is 0 Å². The number of nitrogens with one attached hydrogen (secondary N) is 1. The van der Waals surface area contributed by atoms with E-state index in [1.165, 1.54) is 58.7 Å². The maximum Gasteiger partial charge on any atom is 0.0195 e. The van der Waals surface area contributed by atoms with Crippen molar-refractivity contribution in [1.82, 2.24) is 15.1 Å². The summed E-state index contributed by atoms with van der Waals surface area (Å²) in [6.45, 7) is 15.7. The molecule has 0 aromatic heterocycles. The molecule has 2 unspecified atom stereocenters. The molecule has 0 aliphatic carbocycles. The topological polar surface area (TPSA) is 18.5 Å². The first-order chi connectivity index (χ1) is 8.19. The SMILES string of the molecule is CCN1CCN(CC2(CC)CCNC2)CC1C. The van der Waals surface area contributed by atoms with Crippen LogP contribution in [0.4, 0.5) is 0 Å². The van der Waals surface area contributed by atoms with Gasteiger partial charge < -0.3 is 5.32 Å². The lowest BCUT2D eigenvalue weighted by Gasteiger charge is -2.43. The number of piperazine rings is 1. The first-order valence-electron chi connectivity index (χ1n) is 7.36. The third-order valence-electron chi connectivity index (χ3n) is 4.90. The van der Waals surface area contributed by atoms with Crippen LogP contribution in [0.1, 0.15) is 33.6 Å². The number of hydrogen-bond donors (Lipinski definition) is 1. The zero-order chi connectivity index (χ0) is 12.3. The van der Waals surface area contributed by atoms with Crippen LogP contribution in [0.25, 0.3) is 0 Å². The van der Waals surface area contributed by atoms with Crippen molar-refractivity contribution in [3.05, 3.63) is 0 Å². The Kier molecular flexibility index (Phi) is 4.45. The van der Waals surface area contributed by atoms with Crippen molar-refractivity contribution < 1.29 is 0 Å². The van der Waals surface area contributed by atoms with E-state index in [0.29, 0.717) is 5.41 Å². The Bertz CT molecular complexity index is 236. The van der Waals surface area contributed by atoms with Crippen LogP contribution in [-0.2, 0) is 0 Å². The lowest BCUT2D eigenvalue weighted by Crippen LogP contribution is -2.54. The smallest absolute Gasteiger partial charge is 0.0195 e. The molecule has 3 heteroatoms. The van der Waals surface area contributed by atoms with Crippen molar-refractivity contribution >= 4 is 0 Å². The molecule has 0 radical (unpaired) electrons. The van der Waals surface area contributed by atoms with E-state index in [0.717, 1.165) is 6.04 Å². The molecule has 100 valence electrons. The molecule has 2 rings (SSSR count). The average Bonchev–Trinajstić information content (AvgIpc) is 2.79. The van der Waals surface area contributed by atoms with Crippen molar-refractivity contribution in [3.8, 4) is 0 Å². The summed E-state index contributed by atoms with van der Waals surface area (Å²) in [6.07, 6.45) is 2.69. The number of nitrogens with zero attached hydrogens (tertiary/aromatic N) is 2. The zero-order valence-corrected chi connectivity index (χ0v) is 11.8. The minimum atomic E-state index is 0.564. The van der Waals surface area contributed by atoms with Gasteiger partial charge in [0.15, 0.2) is 0 Å². The van der Waals surface area contributed by atoms with Gasteiger partial charge in [0.25, 0.3) is 0 Å². The summed E-state index contributed by atoms with van der Waals surface area (Å²) in [5.41, 5.74) is 0.564. The second-order valence-electron chi connectivity index (χ2n) is 5.99. The molecule has 2 fully saturated rings. The highest BCUT2D eigenvalue weighted by Crippen LogP contribution is 2.31. The Labute approximate surface area is 107 Å². The number of hydrogen-bond acceptors (Lipinski definition) is 3. The Morgan fingerprint density at radius 3 is 2.65 bits per heavy atom. The van der Waals surface area contributed by atoms with Crippen LogP contribution in [0.5, 0.6) is 0 Å². The van der Waals surface area contributed by atoms with E-state index in [4.69, 9.17) is 0 Å². The van der Waals surface area contributed by atoms with Gasteiger partial charge in [0.05, 0.1) is 0 Å². The highest BCUT2D eigenvalue weighted by atomic mass is 15.3. The van der Waals surface area contributed by atoms with Gasteiger partial charge in [-0.3, -0.25) is 9.80 Å². The molecule has 1 N–H and O–H groups in total. The van der Waals surface area contributed by atoms with Gasteiger partial charge in [0.1, 0.15) is 0 Å². The van der Waals surface area contributed by atoms with Crippen molar-refractivity contribution in [2.45, 2.75) is 39.7 Å². The van der Waals surface area contributed by atoms with Crippen molar-refractivity contribution in [1.29, 1.82) is 0 Å². The highest BCUT2D eigenvalue weighted by Gasteiger charge is 2.35. The summed E-state index contributed by atoms with van der Waals surface area (Å²) < 4.78 is 0. The second-order valence-corrected chi connectivity index (χ2v) is 5.99. The van der Waals surface area contributed by atoms with Crippen LogP contribution in [0.3, 0.4) is 0 Å². The molecule has 3 nitrogen and oxygen atoms in total. The number of likely N-dealkylation sites (N-methyl/N-ethyl adjacent to an activating group) is 1. The fraction of sp³-hybridized carbons (Fsp3) is 1.00. The predicted octanol–water partition coefficient (Wildman–Crippen LogP) is 1.40. The van der Waals surface area contributed by atoms with Crippen LogP contribution in [0, 0.1) is 5.41 Å². The fourth-order valence-corrected chi connectivity index (χ4v) is 3.50. The Balaban J connectivity index is 1.87. The molecule has 2 aliphatic rings. The normalized spacial score (nSPS) is 36.5. The molecule has 0 spiro atoms. The lowest BCUT2D eigenvalue weighted by molar-refractivity contribution is 0.0569. The maximum atomic E-state index is 3.55. The van der Waals surface area contributed by atoms with Gasteiger partial charge in [-0.1, -0.05) is 13.8 Å². The van der Waals surface area contributed by atoms with E-state index >= 15 is 0 Å². The second kappa shape index (κ2) is 5.68. The Morgan fingerprint density at radius 2 is 2.12 bits per heavy atom. The van der Waals surface area contributed by atoms with E-state index in [2.05, 4.69) is 35.9 Å². The van der Waals surface area contributed by atoms with Gasteiger partial charge in [-0.25, -0.2) is 0 Å². The van der Waals surface area contributed by atoms with E-state index in [9.17, 15) is 0 Å². The summed E-state index contributed by atoms with van der Waals surface area (Å²) >= 11 is 0. The monoisotopic (exact) mass is 239 g/mol. The summed E-state index contributed by atoms with van der Waals surface area (Å²) in [5, 5.41) is 3.55. The van der Waals surface area contributed by atoms with Crippen LogP contribution in [-0.4, -0.2) is 61.7 Å². The van der Waals surface area contributed by atoms with Gasteiger partial charge in [0.2, 0.25) is 0 Å². The molecule has 2 aliphatic heterocycles. The predicted molar refractivity (Wildman–Crippen MR) is 73.4 cm³/mol. The molecule has 2 heterocycles. The third-order valence-corrected chi connectivity index (χ3v) is 4.90. The largest absolute Gasteiger partial charge is 0.316 e. The maximum absolute atomic E-state index is 3.55. The summed E-state index contributed by atoms with van der Waals surface area (Å²) in [5.74, 6) is 0. The first-order valence-corrected chi connectivity index (χ1v) is 7.36. The van der Waals surface area contributed by atoms with E-state index < -0.39 is 0 Å².